The minimum absolute atomic E-state index is 0.0899. The molecule has 1 saturated heterocycles. The van der Waals surface area contributed by atoms with Crippen LogP contribution < -0.4 is 5.73 Å². The maximum atomic E-state index is 12.1. The highest BCUT2D eigenvalue weighted by molar-refractivity contribution is 5.75. The van der Waals surface area contributed by atoms with Crippen molar-refractivity contribution in [3.05, 3.63) is 35.9 Å². The number of benzene rings is 1. The number of carbonyl (C=O) groups is 1. The van der Waals surface area contributed by atoms with Gasteiger partial charge in [0.15, 0.2) is 0 Å². The predicted octanol–water partition coefficient (Wildman–Crippen LogP) is 3.72. The van der Waals surface area contributed by atoms with Crippen molar-refractivity contribution in [2.45, 2.75) is 71.1 Å². The summed E-state index contributed by atoms with van der Waals surface area (Å²) in [5, 5.41) is 0. The van der Waals surface area contributed by atoms with Gasteiger partial charge in [-0.25, -0.2) is 0 Å². The second kappa shape index (κ2) is 9.93. The third-order valence-electron chi connectivity index (χ3n) is 5.08. The minimum atomic E-state index is -0.582. The van der Waals surface area contributed by atoms with Crippen LogP contribution >= 0.6 is 0 Å². The number of ether oxygens (including phenoxy) is 2. The molecule has 1 aromatic carbocycles. The molecule has 2 rings (SSSR count). The second-order valence-corrected chi connectivity index (χ2v) is 7.61. The standard InChI is InChI=1S/C21H33NO3/c1-15(2)9-11-18-16(3)25-21(23)19(22)13-14-24-20(18)12-10-17-7-5-4-6-8-17/h4-8,15-16,18-20H,9-14,22H2,1-3H3/t16-,18-,19-,20+/m0/s1. The summed E-state index contributed by atoms with van der Waals surface area (Å²) >= 11 is 0. The monoisotopic (exact) mass is 347 g/mol. The Bertz CT molecular complexity index is 517. The molecular formula is C21H33NO3. The highest BCUT2D eigenvalue weighted by atomic mass is 16.5. The van der Waals surface area contributed by atoms with Crippen molar-refractivity contribution < 1.29 is 14.3 Å². The third-order valence-corrected chi connectivity index (χ3v) is 5.08. The number of carbonyl (C=O) groups excluding carboxylic acids is 1. The molecule has 4 nitrogen and oxygen atoms in total. The molecular weight excluding hydrogens is 314 g/mol. The summed E-state index contributed by atoms with van der Waals surface area (Å²) < 4.78 is 11.9. The van der Waals surface area contributed by atoms with Gasteiger partial charge in [-0.05, 0) is 44.1 Å². The first-order valence-corrected chi connectivity index (χ1v) is 9.59. The van der Waals surface area contributed by atoms with E-state index in [0.717, 1.165) is 25.7 Å². The summed E-state index contributed by atoms with van der Waals surface area (Å²) in [6, 6.07) is 9.89. The van der Waals surface area contributed by atoms with Crippen molar-refractivity contribution in [2.24, 2.45) is 17.6 Å². The average Bonchev–Trinajstić information content (AvgIpc) is 2.63. The quantitative estimate of drug-likeness (QED) is 0.797. The fourth-order valence-electron chi connectivity index (χ4n) is 3.45. The van der Waals surface area contributed by atoms with Crippen molar-refractivity contribution in [1.29, 1.82) is 0 Å². The van der Waals surface area contributed by atoms with E-state index in [2.05, 4.69) is 38.1 Å². The summed E-state index contributed by atoms with van der Waals surface area (Å²) in [5.41, 5.74) is 7.22. The Morgan fingerprint density at radius 2 is 1.92 bits per heavy atom. The van der Waals surface area contributed by atoms with E-state index in [9.17, 15) is 4.79 Å². The van der Waals surface area contributed by atoms with Crippen LogP contribution in [0.2, 0.25) is 0 Å². The molecule has 4 atom stereocenters. The lowest BCUT2D eigenvalue weighted by Gasteiger charge is -2.31. The second-order valence-electron chi connectivity index (χ2n) is 7.61. The molecule has 0 bridgehead atoms. The van der Waals surface area contributed by atoms with Gasteiger partial charge in [-0.3, -0.25) is 4.79 Å². The first-order valence-electron chi connectivity index (χ1n) is 9.59. The van der Waals surface area contributed by atoms with Crippen LogP contribution in [0.1, 0.15) is 52.0 Å². The molecule has 1 aromatic rings. The first kappa shape index (κ1) is 19.9. The Hall–Kier alpha value is -1.39. The van der Waals surface area contributed by atoms with Crippen molar-refractivity contribution in [3.8, 4) is 0 Å². The van der Waals surface area contributed by atoms with Crippen LogP contribution in [-0.2, 0) is 20.7 Å². The fraction of sp³-hybridized carbons (Fsp3) is 0.667. The molecule has 1 aliphatic heterocycles. The van der Waals surface area contributed by atoms with Crippen LogP contribution in [0.3, 0.4) is 0 Å². The number of esters is 1. The summed E-state index contributed by atoms with van der Waals surface area (Å²) in [7, 11) is 0. The number of hydrogen-bond acceptors (Lipinski definition) is 4. The van der Waals surface area contributed by atoms with Gasteiger partial charge in [-0.2, -0.15) is 0 Å². The van der Waals surface area contributed by atoms with Crippen molar-refractivity contribution in [1.82, 2.24) is 0 Å². The highest BCUT2D eigenvalue weighted by Crippen LogP contribution is 2.28. The largest absolute Gasteiger partial charge is 0.461 e. The van der Waals surface area contributed by atoms with Gasteiger partial charge in [0.1, 0.15) is 12.1 Å². The molecule has 0 radical (unpaired) electrons. The van der Waals surface area contributed by atoms with E-state index in [1.54, 1.807) is 0 Å². The molecule has 1 heterocycles. The normalized spacial score (nSPS) is 28.1. The average molecular weight is 347 g/mol. The Kier molecular flexibility index (Phi) is 7.91. The van der Waals surface area contributed by atoms with Crippen LogP contribution in [0, 0.1) is 11.8 Å². The zero-order valence-electron chi connectivity index (χ0n) is 15.8. The first-order chi connectivity index (χ1) is 12.0. The van der Waals surface area contributed by atoms with Crippen LogP contribution in [0.4, 0.5) is 0 Å². The molecule has 0 aromatic heterocycles. The number of aryl methyl sites for hydroxylation is 1. The summed E-state index contributed by atoms with van der Waals surface area (Å²) in [4.78, 5) is 12.1. The van der Waals surface area contributed by atoms with Gasteiger partial charge >= 0.3 is 5.97 Å². The Balaban J connectivity index is 2.09. The van der Waals surface area contributed by atoms with E-state index in [-0.39, 0.29) is 24.1 Å². The van der Waals surface area contributed by atoms with Gasteiger partial charge in [-0.1, -0.05) is 50.6 Å². The van der Waals surface area contributed by atoms with Gasteiger partial charge in [0, 0.05) is 12.5 Å². The van der Waals surface area contributed by atoms with Gasteiger partial charge in [0.2, 0.25) is 0 Å². The molecule has 0 amide bonds. The molecule has 2 N–H and O–H groups in total. The Labute approximate surface area is 152 Å². The van der Waals surface area contributed by atoms with E-state index in [0.29, 0.717) is 18.9 Å². The molecule has 1 fully saturated rings. The van der Waals surface area contributed by atoms with E-state index in [4.69, 9.17) is 15.2 Å². The molecule has 0 aliphatic carbocycles. The number of hydrogen-bond donors (Lipinski definition) is 1. The molecule has 0 unspecified atom stereocenters. The highest BCUT2D eigenvalue weighted by Gasteiger charge is 2.33. The van der Waals surface area contributed by atoms with Gasteiger partial charge in [0.05, 0.1) is 6.10 Å². The molecule has 1 aliphatic rings. The fourth-order valence-corrected chi connectivity index (χ4v) is 3.45. The molecule has 0 spiro atoms. The van der Waals surface area contributed by atoms with Crippen LogP contribution in [0.15, 0.2) is 30.3 Å². The minimum Gasteiger partial charge on any atom is -0.461 e. The zero-order chi connectivity index (χ0) is 18.2. The Morgan fingerprint density at radius 3 is 2.60 bits per heavy atom. The SMILES string of the molecule is CC(C)CC[C@H]1[C@H](C)OC(=O)[C@@H](N)CCO[C@@H]1CCc1ccccc1. The van der Waals surface area contributed by atoms with E-state index >= 15 is 0 Å². The predicted molar refractivity (Wildman–Crippen MR) is 100 cm³/mol. The van der Waals surface area contributed by atoms with Crippen molar-refractivity contribution in [3.63, 3.8) is 0 Å². The summed E-state index contributed by atoms with van der Waals surface area (Å²) in [6.07, 6.45) is 4.44. The molecule has 25 heavy (non-hydrogen) atoms. The lowest BCUT2D eigenvalue weighted by molar-refractivity contribution is -0.153. The van der Waals surface area contributed by atoms with Gasteiger partial charge in [0.25, 0.3) is 0 Å². The molecule has 0 saturated carbocycles. The Morgan fingerprint density at radius 1 is 1.20 bits per heavy atom. The maximum Gasteiger partial charge on any atom is 0.323 e. The number of nitrogens with two attached hydrogens (primary N) is 1. The van der Waals surface area contributed by atoms with E-state index in [1.807, 2.05) is 13.0 Å². The lowest BCUT2D eigenvalue weighted by Crippen LogP contribution is -2.37. The zero-order valence-corrected chi connectivity index (χ0v) is 15.8. The molecule has 140 valence electrons. The van der Waals surface area contributed by atoms with Crippen molar-refractivity contribution in [2.75, 3.05) is 6.61 Å². The van der Waals surface area contributed by atoms with Gasteiger partial charge in [-0.15, -0.1) is 0 Å². The lowest BCUT2D eigenvalue weighted by atomic mass is 9.86. The molecule has 4 heteroatoms. The number of cyclic esters (lactones) is 1. The third kappa shape index (κ3) is 6.44. The summed E-state index contributed by atoms with van der Waals surface area (Å²) in [5.74, 6) is 0.530. The van der Waals surface area contributed by atoms with E-state index < -0.39 is 6.04 Å². The number of rotatable bonds is 6. The topological polar surface area (TPSA) is 61.5 Å². The van der Waals surface area contributed by atoms with Crippen LogP contribution in [0.25, 0.3) is 0 Å². The maximum absolute atomic E-state index is 12.1. The summed E-state index contributed by atoms with van der Waals surface area (Å²) in [6.45, 7) is 6.95. The van der Waals surface area contributed by atoms with Crippen LogP contribution in [-0.4, -0.2) is 30.8 Å². The van der Waals surface area contributed by atoms with Gasteiger partial charge < -0.3 is 15.2 Å². The smallest absolute Gasteiger partial charge is 0.323 e. The van der Waals surface area contributed by atoms with Crippen molar-refractivity contribution >= 4 is 5.97 Å². The van der Waals surface area contributed by atoms with E-state index in [1.165, 1.54) is 5.56 Å². The van der Waals surface area contributed by atoms with Crippen LogP contribution in [0.5, 0.6) is 0 Å².